The van der Waals surface area contributed by atoms with Gasteiger partial charge in [0.05, 0.1) is 5.41 Å². The summed E-state index contributed by atoms with van der Waals surface area (Å²) in [7, 11) is 0. The Hall–Kier alpha value is -2.25. The zero-order valence-corrected chi connectivity index (χ0v) is 13.8. The molecule has 8 nitrogen and oxygen atoms in total. The molecule has 1 unspecified atom stereocenters. The van der Waals surface area contributed by atoms with Crippen LogP contribution in [0.15, 0.2) is 18.5 Å². The molecule has 2 amide bonds. The van der Waals surface area contributed by atoms with Gasteiger partial charge in [-0.25, -0.2) is 9.59 Å². The number of carbonyl (C=O) groups excluding carboxylic acids is 2. The highest BCUT2D eigenvalue weighted by Crippen LogP contribution is 2.39. The Kier molecular flexibility index (Phi) is 4.74. The molecule has 8 heteroatoms. The van der Waals surface area contributed by atoms with Gasteiger partial charge in [-0.2, -0.15) is 9.78 Å². The molecule has 0 aliphatic rings. The molecule has 1 atom stereocenters. The highest BCUT2D eigenvalue weighted by Gasteiger charge is 2.53. The van der Waals surface area contributed by atoms with E-state index in [0.29, 0.717) is 0 Å². The van der Waals surface area contributed by atoms with E-state index in [-0.39, 0.29) is 0 Å². The van der Waals surface area contributed by atoms with Gasteiger partial charge in [-0.05, 0) is 26.8 Å². The number of nitrogens with two attached hydrogens (primary N) is 1. The molecule has 1 rings (SSSR count). The van der Waals surface area contributed by atoms with Crippen molar-refractivity contribution < 1.29 is 19.1 Å². The maximum Gasteiger partial charge on any atom is 0.412 e. The Balaban J connectivity index is 3.26. The first-order valence-electron chi connectivity index (χ1n) is 6.87. The number of hydrogen-bond donors (Lipinski definition) is 2. The summed E-state index contributed by atoms with van der Waals surface area (Å²) in [6.45, 7) is 10.6. The molecule has 124 valence electrons. The van der Waals surface area contributed by atoms with Crippen LogP contribution in [0, 0.1) is 5.41 Å². The first kappa shape index (κ1) is 17.8. The third kappa shape index (κ3) is 4.12. The fourth-order valence-corrected chi connectivity index (χ4v) is 1.80. The molecule has 0 aliphatic heterocycles. The summed E-state index contributed by atoms with van der Waals surface area (Å²) in [5, 5.41) is 6.68. The molecule has 0 bridgehead atoms. The Morgan fingerprint density at radius 1 is 1.14 bits per heavy atom. The van der Waals surface area contributed by atoms with Gasteiger partial charge in [0, 0.05) is 17.9 Å². The van der Waals surface area contributed by atoms with Gasteiger partial charge in [0.15, 0.2) is 0 Å². The lowest BCUT2D eigenvalue weighted by Gasteiger charge is -2.41. The van der Waals surface area contributed by atoms with Crippen LogP contribution in [0.5, 0.6) is 0 Å². The van der Waals surface area contributed by atoms with Gasteiger partial charge in [0.25, 0.3) is 0 Å². The first-order valence-corrected chi connectivity index (χ1v) is 6.87. The normalized spacial score (nSPS) is 14.8. The van der Waals surface area contributed by atoms with Crippen molar-refractivity contribution in [3.05, 3.63) is 18.5 Å². The molecule has 22 heavy (non-hydrogen) atoms. The number of aromatic nitrogens is 2. The summed E-state index contributed by atoms with van der Waals surface area (Å²) >= 11 is 0. The Morgan fingerprint density at radius 2 is 1.73 bits per heavy atom. The summed E-state index contributed by atoms with van der Waals surface area (Å²) in [6, 6.07) is 1.62. The van der Waals surface area contributed by atoms with Crippen molar-refractivity contribution in [2.75, 3.05) is 0 Å². The van der Waals surface area contributed by atoms with Crippen LogP contribution in [0.25, 0.3) is 0 Å². The summed E-state index contributed by atoms with van der Waals surface area (Å²) in [6.07, 6.45) is 1.18. The van der Waals surface area contributed by atoms with Crippen LogP contribution >= 0.6 is 0 Å². The predicted octanol–water partition coefficient (Wildman–Crippen LogP) is 2.16. The second-order valence-corrected chi connectivity index (χ2v) is 6.97. The van der Waals surface area contributed by atoms with E-state index in [1.165, 1.54) is 17.1 Å². The molecule has 1 heterocycles. The Labute approximate surface area is 129 Å². The lowest BCUT2D eigenvalue weighted by molar-refractivity contribution is -0.290. The van der Waals surface area contributed by atoms with Crippen molar-refractivity contribution in [2.24, 2.45) is 11.1 Å². The topological polar surface area (TPSA) is 108 Å². The molecule has 0 spiro atoms. The second-order valence-electron chi connectivity index (χ2n) is 6.97. The van der Waals surface area contributed by atoms with E-state index in [1.807, 2.05) is 0 Å². The van der Waals surface area contributed by atoms with Gasteiger partial charge in [-0.3, -0.25) is 0 Å². The summed E-state index contributed by atoms with van der Waals surface area (Å²) in [5.41, 5.74) is 3.82. The zero-order chi connectivity index (χ0) is 17.2. The van der Waals surface area contributed by atoms with Gasteiger partial charge >= 0.3 is 18.1 Å². The van der Waals surface area contributed by atoms with Crippen LogP contribution in [0.3, 0.4) is 0 Å². The first-order chi connectivity index (χ1) is 9.87. The number of nitrogens with one attached hydrogen (secondary N) is 1. The van der Waals surface area contributed by atoms with E-state index in [1.54, 1.807) is 47.6 Å². The average Bonchev–Trinajstić information content (AvgIpc) is 2.75. The number of hydrogen-bond acceptors (Lipinski definition) is 5. The Bertz CT molecular complexity index is 528. The molecule has 0 saturated heterocycles. The van der Waals surface area contributed by atoms with Gasteiger partial charge < -0.3 is 20.5 Å². The van der Waals surface area contributed by atoms with Crippen molar-refractivity contribution in [1.29, 1.82) is 0 Å². The van der Waals surface area contributed by atoms with Crippen LogP contribution in [0.4, 0.5) is 9.59 Å². The average molecular weight is 312 g/mol. The monoisotopic (exact) mass is 312 g/mol. The van der Waals surface area contributed by atoms with Gasteiger partial charge in [0.2, 0.25) is 0 Å². The molecule has 1 aromatic heterocycles. The van der Waals surface area contributed by atoms with Crippen molar-refractivity contribution in [3.8, 4) is 0 Å². The number of nitrogens with zero attached hydrogens (tertiary/aromatic N) is 2. The SMILES string of the molecule is CC(C)(C)NC(=O)OC(OC(N)=O)(n1cccn1)C(C)(C)C. The lowest BCUT2D eigenvalue weighted by Crippen LogP contribution is -2.56. The molecular formula is C14H24N4O4. The number of carbonyl (C=O) groups is 2. The lowest BCUT2D eigenvalue weighted by atomic mass is 9.91. The minimum Gasteiger partial charge on any atom is -0.385 e. The largest absolute Gasteiger partial charge is 0.412 e. The molecular weight excluding hydrogens is 288 g/mol. The molecule has 0 fully saturated rings. The van der Waals surface area contributed by atoms with Crippen molar-refractivity contribution in [3.63, 3.8) is 0 Å². The van der Waals surface area contributed by atoms with Gasteiger partial charge in [-0.15, -0.1) is 0 Å². The summed E-state index contributed by atoms with van der Waals surface area (Å²) in [5.74, 6) is -1.81. The fraction of sp³-hybridized carbons (Fsp3) is 0.643. The molecule has 0 aromatic carbocycles. The fourth-order valence-electron chi connectivity index (χ4n) is 1.80. The van der Waals surface area contributed by atoms with Crippen molar-refractivity contribution in [2.45, 2.75) is 53.0 Å². The van der Waals surface area contributed by atoms with Crippen LogP contribution in [-0.2, 0) is 15.4 Å². The van der Waals surface area contributed by atoms with Crippen LogP contribution in [0.1, 0.15) is 41.5 Å². The zero-order valence-electron chi connectivity index (χ0n) is 13.8. The molecule has 0 saturated carbocycles. The Morgan fingerprint density at radius 3 is 2.09 bits per heavy atom. The number of amides is 2. The number of primary amides is 1. The maximum atomic E-state index is 12.2. The third-order valence-corrected chi connectivity index (χ3v) is 2.70. The number of ether oxygens (including phenoxy) is 2. The van der Waals surface area contributed by atoms with E-state index < -0.39 is 29.1 Å². The highest BCUT2D eigenvalue weighted by atomic mass is 16.8. The molecule has 1 aromatic rings. The molecule has 0 aliphatic carbocycles. The minimum absolute atomic E-state index is 0.516. The van der Waals surface area contributed by atoms with Crippen LogP contribution < -0.4 is 11.1 Å². The smallest absolute Gasteiger partial charge is 0.385 e. The molecule has 3 N–H and O–H groups in total. The van der Waals surface area contributed by atoms with E-state index in [2.05, 4.69) is 10.4 Å². The van der Waals surface area contributed by atoms with Crippen LogP contribution in [-0.4, -0.2) is 27.5 Å². The van der Waals surface area contributed by atoms with E-state index in [0.717, 1.165) is 0 Å². The maximum absolute atomic E-state index is 12.2. The van der Waals surface area contributed by atoms with E-state index in [9.17, 15) is 9.59 Å². The van der Waals surface area contributed by atoms with Crippen molar-refractivity contribution in [1.82, 2.24) is 15.1 Å². The van der Waals surface area contributed by atoms with Crippen LogP contribution in [0.2, 0.25) is 0 Å². The predicted molar refractivity (Wildman–Crippen MR) is 79.7 cm³/mol. The number of rotatable bonds is 3. The van der Waals surface area contributed by atoms with Crippen molar-refractivity contribution >= 4 is 12.2 Å². The quantitative estimate of drug-likeness (QED) is 0.831. The second kappa shape index (κ2) is 5.86. The summed E-state index contributed by atoms with van der Waals surface area (Å²) < 4.78 is 11.9. The summed E-state index contributed by atoms with van der Waals surface area (Å²) in [4.78, 5) is 23.6. The van der Waals surface area contributed by atoms with E-state index in [4.69, 9.17) is 15.2 Å². The standard InChI is InChI=1S/C14H24N4O4/c1-12(2,3)14(21-10(15)19,18-9-7-8-16-18)22-11(20)17-13(4,5)6/h7-9H,1-6H3,(H2,15,19)(H,17,20). The number of alkyl carbamates (subject to hydrolysis) is 1. The van der Waals surface area contributed by atoms with E-state index >= 15 is 0 Å². The third-order valence-electron chi connectivity index (χ3n) is 2.70. The highest BCUT2D eigenvalue weighted by molar-refractivity contribution is 5.69. The van der Waals surface area contributed by atoms with Gasteiger partial charge in [-0.1, -0.05) is 20.8 Å². The minimum atomic E-state index is -1.81. The van der Waals surface area contributed by atoms with Gasteiger partial charge in [0.1, 0.15) is 0 Å². The molecule has 0 radical (unpaired) electrons.